The van der Waals surface area contributed by atoms with E-state index >= 15 is 0 Å². The highest BCUT2D eigenvalue weighted by atomic mass is 19.1. The van der Waals surface area contributed by atoms with Gasteiger partial charge in [-0.3, -0.25) is 14.6 Å². The Balaban J connectivity index is 2.12. The van der Waals surface area contributed by atoms with Crippen molar-refractivity contribution < 1.29 is 14.0 Å². The van der Waals surface area contributed by atoms with Gasteiger partial charge in [0, 0.05) is 36.2 Å². The predicted molar refractivity (Wildman–Crippen MR) is 95.9 cm³/mol. The van der Waals surface area contributed by atoms with Gasteiger partial charge in [-0.1, -0.05) is 6.58 Å². The van der Waals surface area contributed by atoms with Gasteiger partial charge in [0.25, 0.3) is 0 Å². The monoisotopic (exact) mass is 347 g/mol. The fourth-order valence-corrected chi connectivity index (χ4v) is 2.81. The highest BCUT2D eigenvalue weighted by Gasteiger charge is 2.25. The van der Waals surface area contributed by atoms with Gasteiger partial charge in [-0.25, -0.2) is 4.39 Å². The zero-order valence-corrected chi connectivity index (χ0v) is 14.1. The van der Waals surface area contributed by atoms with Crippen LogP contribution in [0.3, 0.4) is 0 Å². The van der Waals surface area contributed by atoms with Gasteiger partial charge in [0.05, 0.1) is 5.56 Å². The number of hydrogen-bond donors (Lipinski definition) is 3. The summed E-state index contributed by atoms with van der Waals surface area (Å²) in [6.07, 6.45) is 2.03. The van der Waals surface area contributed by atoms with E-state index in [4.69, 9.17) is 11.5 Å². The number of anilines is 2. The van der Waals surface area contributed by atoms with Crippen LogP contribution >= 0.6 is 0 Å². The van der Waals surface area contributed by atoms with Crippen molar-refractivity contribution in [3.63, 3.8) is 0 Å². The molecule has 1 atom stereocenters. The zero-order valence-electron chi connectivity index (χ0n) is 14.1. The summed E-state index contributed by atoms with van der Waals surface area (Å²) in [7, 11) is 0. The average molecular weight is 347 g/mol. The summed E-state index contributed by atoms with van der Waals surface area (Å²) in [6, 6.07) is 2.95. The summed E-state index contributed by atoms with van der Waals surface area (Å²) in [5, 5.41) is 3.19. The molecule has 0 bridgehead atoms. The van der Waals surface area contributed by atoms with Crippen LogP contribution in [0.2, 0.25) is 0 Å². The Morgan fingerprint density at radius 1 is 1.52 bits per heavy atom. The molecular weight excluding hydrogens is 325 g/mol. The van der Waals surface area contributed by atoms with Crippen LogP contribution in [0.15, 0.2) is 29.8 Å². The molecule has 1 aromatic carbocycles. The summed E-state index contributed by atoms with van der Waals surface area (Å²) < 4.78 is 14.4. The molecule has 1 aromatic rings. The summed E-state index contributed by atoms with van der Waals surface area (Å²) in [5.74, 6) is -1.26. The molecule has 8 heteroatoms. The maximum absolute atomic E-state index is 14.4. The molecule has 0 saturated carbocycles. The number of nitrogens with two attached hydrogens (primary N) is 2. The van der Waals surface area contributed by atoms with Crippen molar-refractivity contribution in [2.75, 3.05) is 30.7 Å². The van der Waals surface area contributed by atoms with Crippen LogP contribution in [0.25, 0.3) is 0 Å². The summed E-state index contributed by atoms with van der Waals surface area (Å²) >= 11 is 0. The summed E-state index contributed by atoms with van der Waals surface area (Å²) in [5.41, 5.74) is 12.2. The van der Waals surface area contributed by atoms with E-state index < -0.39 is 11.7 Å². The number of halogens is 1. The third-order valence-electron chi connectivity index (χ3n) is 4.00. The number of hydrogen-bond acceptors (Lipinski definition) is 5. The van der Waals surface area contributed by atoms with Gasteiger partial charge in [0.15, 0.2) is 0 Å². The second-order valence-electron chi connectivity index (χ2n) is 5.91. The topological polar surface area (TPSA) is 114 Å². The van der Waals surface area contributed by atoms with Crippen LogP contribution < -0.4 is 16.8 Å². The lowest BCUT2D eigenvalue weighted by Crippen LogP contribution is -2.30. The first-order valence-corrected chi connectivity index (χ1v) is 7.88. The number of amides is 2. The van der Waals surface area contributed by atoms with Gasteiger partial charge < -0.3 is 21.7 Å². The molecular formula is C17H22FN5O2. The lowest BCUT2D eigenvalue weighted by Gasteiger charge is -2.17. The number of likely N-dealkylation sites (tertiary alicyclic amines) is 1. The average Bonchev–Trinajstić information content (AvgIpc) is 3.00. The number of carbonyl (C=O) groups excluding carboxylic acids is 2. The van der Waals surface area contributed by atoms with E-state index in [1.165, 1.54) is 12.1 Å². The van der Waals surface area contributed by atoms with Gasteiger partial charge in [-0.15, -0.1) is 0 Å². The van der Waals surface area contributed by atoms with Crippen LogP contribution in [0.4, 0.5) is 15.8 Å². The van der Waals surface area contributed by atoms with Crippen LogP contribution in [-0.4, -0.2) is 48.1 Å². The largest absolute Gasteiger partial charge is 0.398 e. The number of rotatable bonds is 6. The third-order valence-corrected chi connectivity index (χ3v) is 4.00. The fraction of sp³-hybridized carbons (Fsp3) is 0.353. The van der Waals surface area contributed by atoms with E-state index in [-0.39, 0.29) is 29.7 Å². The van der Waals surface area contributed by atoms with E-state index in [9.17, 15) is 14.0 Å². The highest BCUT2D eigenvalue weighted by molar-refractivity contribution is 6.04. The minimum atomic E-state index is -0.600. The van der Waals surface area contributed by atoms with Gasteiger partial charge in [-0.05, 0) is 31.6 Å². The standard InChI is InChI=1S/C17H22FN5O2/c1-3-16(25)23-5-4-11(9-23)22-12-6-13(18)17(14(19)7-12)10(2)21-8-15(20)24/h3,6-7,11,22H,1,4-5,8-9,19H2,2H3,(H2,20,24). The molecule has 0 radical (unpaired) electrons. The predicted octanol–water partition coefficient (Wildman–Crippen LogP) is 0.901. The molecule has 0 aliphatic carbocycles. The number of nitrogens with zero attached hydrogens (tertiary/aromatic N) is 2. The number of primary amides is 1. The van der Waals surface area contributed by atoms with E-state index in [2.05, 4.69) is 16.9 Å². The van der Waals surface area contributed by atoms with Gasteiger partial charge in [0.2, 0.25) is 11.8 Å². The molecule has 1 aliphatic heterocycles. The van der Waals surface area contributed by atoms with Crippen LogP contribution in [0, 0.1) is 5.82 Å². The summed E-state index contributed by atoms with van der Waals surface area (Å²) in [4.78, 5) is 28.0. The van der Waals surface area contributed by atoms with E-state index in [0.717, 1.165) is 6.42 Å². The van der Waals surface area contributed by atoms with E-state index in [1.807, 2.05) is 0 Å². The number of carbonyl (C=O) groups is 2. The van der Waals surface area contributed by atoms with Crippen molar-refractivity contribution in [3.8, 4) is 0 Å². The first-order valence-electron chi connectivity index (χ1n) is 7.88. The Morgan fingerprint density at radius 2 is 2.24 bits per heavy atom. The Hall–Kier alpha value is -2.90. The second-order valence-corrected chi connectivity index (χ2v) is 5.91. The number of nitrogens with one attached hydrogen (secondary N) is 1. The third kappa shape index (κ3) is 4.56. The molecule has 1 fully saturated rings. The number of benzene rings is 1. The van der Waals surface area contributed by atoms with Crippen LogP contribution in [0.1, 0.15) is 18.9 Å². The van der Waals surface area contributed by atoms with Crippen molar-refractivity contribution >= 4 is 28.9 Å². The van der Waals surface area contributed by atoms with Crippen molar-refractivity contribution in [2.45, 2.75) is 19.4 Å². The normalized spacial score (nSPS) is 17.4. The Kier molecular flexibility index (Phi) is 5.74. The molecule has 1 unspecified atom stereocenters. The molecule has 2 amide bonds. The minimum absolute atomic E-state index is 0.0122. The maximum atomic E-state index is 14.4. The van der Waals surface area contributed by atoms with Gasteiger partial charge >= 0.3 is 0 Å². The van der Waals surface area contributed by atoms with E-state index in [0.29, 0.717) is 24.5 Å². The second kappa shape index (κ2) is 7.78. The molecule has 1 aliphatic rings. The first-order chi connectivity index (χ1) is 11.8. The lowest BCUT2D eigenvalue weighted by molar-refractivity contribution is -0.125. The summed E-state index contributed by atoms with van der Waals surface area (Å²) in [6.45, 7) is 5.96. The van der Waals surface area contributed by atoms with Gasteiger partial charge in [-0.2, -0.15) is 0 Å². The van der Waals surface area contributed by atoms with E-state index in [1.54, 1.807) is 17.9 Å². The molecule has 2 rings (SSSR count). The number of aliphatic imine (C=N–C) groups is 1. The van der Waals surface area contributed by atoms with Crippen molar-refractivity contribution in [2.24, 2.45) is 10.7 Å². The van der Waals surface area contributed by atoms with Crippen molar-refractivity contribution in [3.05, 3.63) is 36.2 Å². The Morgan fingerprint density at radius 3 is 2.84 bits per heavy atom. The molecule has 0 spiro atoms. The number of nitrogen functional groups attached to an aromatic ring is 1. The van der Waals surface area contributed by atoms with Gasteiger partial charge in [0.1, 0.15) is 12.4 Å². The highest BCUT2D eigenvalue weighted by Crippen LogP contribution is 2.25. The van der Waals surface area contributed by atoms with Crippen molar-refractivity contribution in [1.82, 2.24) is 4.90 Å². The molecule has 0 aromatic heterocycles. The molecule has 7 nitrogen and oxygen atoms in total. The quantitative estimate of drug-likeness (QED) is 0.403. The maximum Gasteiger partial charge on any atom is 0.246 e. The molecule has 1 heterocycles. The smallest absolute Gasteiger partial charge is 0.246 e. The van der Waals surface area contributed by atoms with Crippen molar-refractivity contribution in [1.29, 1.82) is 0 Å². The molecule has 1 saturated heterocycles. The fourth-order valence-electron chi connectivity index (χ4n) is 2.81. The SMILES string of the molecule is C=CC(=O)N1CCC(Nc2cc(N)c(C(C)=NCC(N)=O)c(F)c2)C1. The lowest BCUT2D eigenvalue weighted by atomic mass is 10.1. The Labute approximate surface area is 145 Å². The first kappa shape index (κ1) is 18.4. The molecule has 25 heavy (non-hydrogen) atoms. The van der Waals surface area contributed by atoms with Crippen LogP contribution in [-0.2, 0) is 9.59 Å². The molecule has 134 valence electrons. The minimum Gasteiger partial charge on any atom is -0.398 e. The molecule has 5 N–H and O–H groups in total. The van der Waals surface area contributed by atoms with Crippen LogP contribution in [0.5, 0.6) is 0 Å². The zero-order chi connectivity index (χ0) is 18.6. The Bertz CT molecular complexity index is 709.